The van der Waals surface area contributed by atoms with E-state index in [-0.39, 0.29) is 6.54 Å². The number of fused-ring (bicyclic) bond motifs is 1. The van der Waals surface area contributed by atoms with Crippen molar-refractivity contribution in [3.8, 4) is 6.07 Å². The molecule has 2 heterocycles. The molecule has 0 radical (unpaired) electrons. The molecule has 0 aliphatic rings. The second kappa shape index (κ2) is 4.90. The third kappa shape index (κ3) is 2.34. The molecule has 0 aliphatic heterocycles. The lowest BCUT2D eigenvalue weighted by molar-refractivity contribution is -0.138. The van der Waals surface area contributed by atoms with E-state index < -0.39 is 5.97 Å². The summed E-state index contributed by atoms with van der Waals surface area (Å²) in [5.41, 5.74) is 2.29. The standard InChI is InChI=1S/C13H13N3O2/c1-15(9-13(17)18)7-10-8-16-5-3-2-4-12(16)11(10)6-14/h2-5,8H,7,9H2,1H3,(H,17,18). The lowest BCUT2D eigenvalue weighted by Crippen LogP contribution is -2.25. The van der Waals surface area contributed by atoms with E-state index in [2.05, 4.69) is 6.07 Å². The van der Waals surface area contributed by atoms with Gasteiger partial charge in [-0.3, -0.25) is 9.69 Å². The molecule has 2 aromatic rings. The van der Waals surface area contributed by atoms with Crippen molar-refractivity contribution in [3.63, 3.8) is 0 Å². The Morgan fingerprint density at radius 1 is 1.56 bits per heavy atom. The molecule has 5 nitrogen and oxygen atoms in total. The highest BCUT2D eigenvalue weighted by Crippen LogP contribution is 2.18. The van der Waals surface area contributed by atoms with Crippen molar-refractivity contribution in [2.75, 3.05) is 13.6 Å². The first-order chi connectivity index (χ1) is 8.61. The monoisotopic (exact) mass is 243 g/mol. The van der Waals surface area contributed by atoms with Crippen LogP contribution in [-0.2, 0) is 11.3 Å². The highest BCUT2D eigenvalue weighted by Gasteiger charge is 2.13. The Hall–Kier alpha value is -2.32. The van der Waals surface area contributed by atoms with Gasteiger partial charge in [-0.2, -0.15) is 5.26 Å². The Morgan fingerprint density at radius 2 is 2.33 bits per heavy atom. The van der Waals surface area contributed by atoms with Gasteiger partial charge in [0.05, 0.1) is 17.6 Å². The Kier molecular flexibility index (Phi) is 3.31. The first-order valence-corrected chi connectivity index (χ1v) is 5.51. The Labute approximate surface area is 104 Å². The third-order valence-corrected chi connectivity index (χ3v) is 2.72. The summed E-state index contributed by atoms with van der Waals surface area (Å²) in [5, 5.41) is 17.9. The van der Waals surface area contributed by atoms with E-state index in [9.17, 15) is 10.1 Å². The van der Waals surface area contributed by atoms with Crippen molar-refractivity contribution in [2.45, 2.75) is 6.54 Å². The highest BCUT2D eigenvalue weighted by molar-refractivity contribution is 5.69. The van der Waals surface area contributed by atoms with Crippen LogP contribution in [0.25, 0.3) is 5.52 Å². The lowest BCUT2D eigenvalue weighted by atomic mass is 10.1. The molecular weight excluding hydrogens is 230 g/mol. The van der Waals surface area contributed by atoms with Crippen LogP contribution in [0.3, 0.4) is 0 Å². The minimum Gasteiger partial charge on any atom is -0.480 e. The fourth-order valence-corrected chi connectivity index (χ4v) is 2.00. The van der Waals surface area contributed by atoms with E-state index in [1.165, 1.54) is 0 Å². The number of aliphatic carboxylic acids is 1. The van der Waals surface area contributed by atoms with Gasteiger partial charge in [-0.25, -0.2) is 0 Å². The lowest BCUT2D eigenvalue weighted by Gasteiger charge is -2.12. The SMILES string of the molecule is CN(CC(=O)O)Cc1cn2ccccc2c1C#N. The van der Waals surface area contributed by atoms with Crippen LogP contribution in [0.2, 0.25) is 0 Å². The zero-order valence-electron chi connectivity index (χ0n) is 10.00. The summed E-state index contributed by atoms with van der Waals surface area (Å²) in [6, 6.07) is 7.82. The minimum absolute atomic E-state index is 0.0446. The molecule has 0 amide bonds. The van der Waals surface area contributed by atoms with E-state index in [1.807, 2.05) is 35.0 Å². The van der Waals surface area contributed by atoms with Crippen LogP contribution < -0.4 is 0 Å². The van der Waals surface area contributed by atoms with Crippen LogP contribution in [0.4, 0.5) is 0 Å². The molecule has 0 unspecified atom stereocenters. The van der Waals surface area contributed by atoms with E-state index in [4.69, 9.17) is 5.11 Å². The molecule has 0 saturated carbocycles. The van der Waals surface area contributed by atoms with Crippen LogP contribution in [0.5, 0.6) is 0 Å². The number of pyridine rings is 1. The molecule has 1 N–H and O–H groups in total. The average molecular weight is 243 g/mol. The first-order valence-electron chi connectivity index (χ1n) is 5.51. The predicted octanol–water partition coefficient (Wildman–Crippen LogP) is 1.33. The molecule has 0 spiro atoms. The summed E-state index contributed by atoms with van der Waals surface area (Å²) in [6.45, 7) is 0.397. The number of rotatable bonds is 4. The van der Waals surface area contributed by atoms with Gasteiger partial charge in [0.25, 0.3) is 0 Å². The van der Waals surface area contributed by atoms with Crippen molar-refractivity contribution < 1.29 is 9.90 Å². The third-order valence-electron chi connectivity index (χ3n) is 2.72. The smallest absolute Gasteiger partial charge is 0.317 e. The number of carbonyl (C=O) groups is 1. The fraction of sp³-hybridized carbons (Fsp3) is 0.231. The van der Waals surface area contributed by atoms with Crippen LogP contribution >= 0.6 is 0 Å². The number of carboxylic acids is 1. The molecule has 0 aromatic carbocycles. The molecule has 0 aliphatic carbocycles. The van der Waals surface area contributed by atoms with Crippen molar-refractivity contribution in [3.05, 3.63) is 41.7 Å². The fourth-order valence-electron chi connectivity index (χ4n) is 2.00. The summed E-state index contributed by atoms with van der Waals surface area (Å²) < 4.78 is 1.88. The maximum Gasteiger partial charge on any atom is 0.317 e. The van der Waals surface area contributed by atoms with Crippen LogP contribution in [0, 0.1) is 11.3 Å². The van der Waals surface area contributed by atoms with Crippen LogP contribution in [0.1, 0.15) is 11.1 Å². The number of likely N-dealkylation sites (N-methyl/N-ethyl adjacent to an activating group) is 1. The number of nitrogens with zero attached hydrogens (tertiary/aromatic N) is 3. The molecule has 18 heavy (non-hydrogen) atoms. The second-order valence-electron chi connectivity index (χ2n) is 4.20. The van der Waals surface area contributed by atoms with Crippen LogP contribution in [-0.4, -0.2) is 34.0 Å². The Bertz CT molecular complexity index is 625. The number of carboxylic acid groups (broad SMARTS) is 1. The van der Waals surface area contributed by atoms with Crippen molar-refractivity contribution in [1.82, 2.24) is 9.30 Å². The van der Waals surface area contributed by atoms with Gasteiger partial charge in [-0.05, 0) is 19.2 Å². The van der Waals surface area contributed by atoms with Gasteiger partial charge in [-0.15, -0.1) is 0 Å². The minimum atomic E-state index is -0.875. The van der Waals surface area contributed by atoms with Crippen LogP contribution in [0.15, 0.2) is 30.6 Å². The van der Waals surface area contributed by atoms with Gasteiger partial charge in [0.2, 0.25) is 0 Å². The second-order valence-corrected chi connectivity index (χ2v) is 4.20. The zero-order valence-corrected chi connectivity index (χ0v) is 10.00. The van der Waals surface area contributed by atoms with Gasteiger partial charge >= 0.3 is 5.97 Å². The molecule has 2 aromatic heterocycles. The normalized spacial score (nSPS) is 10.7. The van der Waals surface area contributed by atoms with Gasteiger partial charge in [0, 0.05) is 24.5 Å². The topological polar surface area (TPSA) is 68.7 Å². The Balaban J connectivity index is 2.33. The number of hydrogen-bond acceptors (Lipinski definition) is 3. The summed E-state index contributed by atoms with van der Waals surface area (Å²) >= 11 is 0. The molecule has 0 saturated heterocycles. The molecule has 5 heteroatoms. The molecular formula is C13H13N3O2. The molecule has 0 fully saturated rings. The quantitative estimate of drug-likeness (QED) is 0.879. The average Bonchev–Trinajstić information content (AvgIpc) is 2.64. The predicted molar refractivity (Wildman–Crippen MR) is 66.1 cm³/mol. The Morgan fingerprint density at radius 3 is 3.00 bits per heavy atom. The summed E-state index contributed by atoms with van der Waals surface area (Å²) in [6.07, 6.45) is 3.74. The number of aromatic nitrogens is 1. The number of nitriles is 1. The van der Waals surface area contributed by atoms with Crippen molar-refractivity contribution in [2.24, 2.45) is 0 Å². The maximum absolute atomic E-state index is 10.6. The zero-order chi connectivity index (χ0) is 13.1. The maximum atomic E-state index is 10.6. The van der Waals surface area contributed by atoms with E-state index in [0.717, 1.165) is 11.1 Å². The van der Waals surface area contributed by atoms with E-state index in [1.54, 1.807) is 11.9 Å². The van der Waals surface area contributed by atoms with E-state index >= 15 is 0 Å². The molecule has 0 atom stereocenters. The largest absolute Gasteiger partial charge is 0.480 e. The summed E-state index contributed by atoms with van der Waals surface area (Å²) in [5.74, 6) is -0.875. The summed E-state index contributed by atoms with van der Waals surface area (Å²) in [7, 11) is 1.72. The van der Waals surface area contributed by atoms with Crippen molar-refractivity contribution >= 4 is 11.5 Å². The van der Waals surface area contributed by atoms with Crippen molar-refractivity contribution in [1.29, 1.82) is 5.26 Å². The van der Waals surface area contributed by atoms with Gasteiger partial charge in [-0.1, -0.05) is 6.07 Å². The highest BCUT2D eigenvalue weighted by atomic mass is 16.4. The van der Waals surface area contributed by atoms with Gasteiger partial charge < -0.3 is 9.51 Å². The molecule has 2 rings (SSSR count). The first kappa shape index (κ1) is 12.1. The number of hydrogen-bond donors (Lipinski definition) is 1. The molecule has 92 valence electrons. The summed E-state index contributed by atoms with van der Waals surface area (Å²) in [4.78, 5) is 12.3. The molecule has 0 bridgehead atoms. The van der Waals surface area contributed by atoms with E-state index in [0.29, 0.717) is 12.1 Å². The van der Waals surface area contributed by atoms with Gasteiger partial charge in [0.15, 0.2) is 0 Å². The van der Waals surface area contributed by atoms with Gasteiger partial charge in [0.1, 0.15) is 6.07 Å².